The fraction of sp³-hybridized carbons (Fsp3) is 1.00. The van der Waals surface area contributed by atoms with E-state index >= 15 is 0 Å². The molecule has 0 unspecified atom stereocenters. The average molecular weight is 170 g/mol. The van der Waals surface area contributed by atoms with Gasteiger partial charge in [-0.3, -0.25) is 0 Å². The first-order valence-corrected chi connectivity index (χ1v) is 6.54. The van der Waals surface area contributed by atoms with Gasteiger partial charge in [0.15, 0.2) is 0 Å². The van der Waals surface area contributed by atoms with E-state index in [-0.39, 0.29) is 0 Å². The van der Waals surface area contributed by atoms with Crippen LogP contribution in [0.15, 0.2) is 0 Å². The second kappa shape index (κ2) is 16.3. The third kappa shape index (κ3) is 17.7. The zero-order chi connectivity index (χ0) is 7.54. The minimum absolute atomic E-state index is 0.696. The van der Waals surface area contributed by atoms with Crippen molar-refractivity contribution < 1.29 is 3.79 Å². The Morgan fingerprint density at radius 2 is 2.11 bits per heavy atom. The second-order valence-corrected chi connectivity index (χ2v) is 3.77. The number of hydrogen-bond donors (Lipinski definition) is 0. The molecule has 0 aliphatic rings. The smallest absolute Gasteiger partial charge is 0.394 e. The lowest BCUT2D eigenvalue weighted by molar-refractivity contribution is 0.375. The van der Waals surface area contributed by atoms with Crippen LogP contribution in [0.4, 0.5) is 0 Å². The Kier molecular flexibility index (Phi) is 23.8. The van der Waals surface area contributed by atoms with E-state index in [4.69, 9.17) is 3.79 Å². The molecule has 9 heavy (non-hydrogen) atoms. The summed E-state index contributed by atoms with van der Waals surface area (Å²) in [6, 6.07) is 0. The van der Waals surface area contributed by atoms with Crippen molar-refractivity contribution in [1.29, 1.82) is 0 Å². The van der Waals surface area contributed by atoms with E-state index in [9.17, 15) is 0 Å². The standard InChI is InChI=1S/C2H4O.C2H5.CH3.3Al.H/c1-2-3;1-2;;;;;/h1-2H2;1H2,2H3;1H3;;;;/q-1;;;;;+1;. The Labute approximate surface area is 81.4 Å². The molecule has 0 N–H and O–H groups in total. The fourth-order valence-electron chi connectivity index (χ4n) is 0.371. The van der Waals surface area contributed by atoms with E-state index in [0.29, 0.717) is 15.2 Å². The summed E-state index contributed by atoms with van der Waals surface area (Å²) in [4.78, 5) is 0. The molecular weight excluding hydrogens is 157 g/mol. The van der Waals surface area contributed by atoms with Crippen LogP contribution < -0.4 is 0 Å². The molecule has 0 fully saturated rings. The van der Waals surface area contributed by atoms with E-state index < -0.39 is 0 Å². The molecule has 0 aromatic carbocycles. The van der Waals surface area contributed by atoms with Gasteiger partial charge in [-0.25, -0.2) is 0 Å². The molecule has 48 valence electrons. The molecule has 0 atom stereocenters. The first kappa shape index (κ1) is 13.2. The summed E-state index contributed by atoms with van der Waals surface area (Å²) >= 11 is 4.70. The normalized spacial score (nSPS) is 7.33. The van der Waals surface area contributed by atoms with Crippen LogP contribution in [0.5, 0.6) is 0 Å². The number of hydrogen-bond acceptors (Lipinski definition) is 1. The van der Waals surface area contributed by atoms with Crippen molar-refractivity contribution in [2.45, 2.75) is 23.3 Å². The average Bonchev–Trinajstić information content (AvgIpc) is 1.94. The molecule has 4 heteroatoms. The van der Waals surface area contributed by atoms with Crippen molar-refractivity contribution in [2.24, 2.45) is 0 Å². The quantitative estimate of drug-likeness (QED) is 0.443. The van der Waals surface area contributed by atoms with Gasteiger partial charge in [0, 0.05) is 6.61 Å². The maximum Gasteiger partial charge on any atom is 0.394 e. The van der Waals surface area contributed by atoms with Gasteiger partial charge in [-0.1, -0.05) is 12.2 Å². The first-order chi connectivity index (χ1) is 4.41. The van der Waals surface area contributed by atoms with Gasteiger partial charge in [-0.05, 0) is 0 Å². The van der Waals surface area contributed by atoms with Crippen LogP contribution in [0.25, 0.3) is 0 Å². The molecule has 0 amide bonds. The topological polar surface area (TPSA) is 9.23 Å². The molecule has 0 spiro atoms. The van der Waals surface area contributed by atoms with Gasteiger partial charge in [-0.15, -0.1) is 11.1 Å². The molecule has 0 saturated carbocycles. The molecule has 0 aliphatic heterocycles. The summed E-state index contributed by atoms with van der Waals surface area (Å²) in [5.74, 6) is 1.92. The van der Waals surface area contributed by atoms with E-state index in [2.05, 4.69) is 23.2 Å². The van der Waals surface area contributed by atoms with Crippen LogP contribution in [0.3, 0.4) is 0 Å². The SMILES string of the molecule is C[CH2][Al][CH2]C[O][AlH].[CH3][Al]. The van der Waals surface area contributed by atoms with E-state index in [1.54, 1.807) is 16.6 Å². The molecule has 0 aromatic heterocycles. The Bertz CT molecular complexity index is 31.4. The van der Waals surface area contributed by atoms with E-state index in [0.717, 1.165) is 6.61 Å². The van der Waals surface area contributed by atoms with Crippen molar-refractivity contribution >= 4 is 48.1 Å². The van der Waals surface area contributed by atoms with Gasteiger partial charge in [0.25, 0.3) is 0 Å². The maximum absolute atomic E-state index is 4.89. The lowest BCUT2D eigenvalue weighted by Crippen LogP contribution is -1.93. The van der Waals surface area contributed by atoms with Crippen LogP contribution in [0.2, 0.25) is 16.4 Å². The van der Waals surface area contributed by atoms with Gasteiger partial charge in [0.2, 0.25) is 15.2 Å². The number of rotatable bonds is 4. The van der Waals surface area contributed by atoms with Gasteiger partial charge in [-0.2, -0.15) is 0 Å². The highest BCUT2D eigenvalue weighted by atomic mass is 27.1. The fourth-order valence-corrected chi connectivity index (χ4v) is 1.61. The first-order valence-electron chi connectivity index (χ1n) is 3.18. The summed E-state index contributed by atoms with van der Waals surface area (Å²) in [6.07, 6.45) is 0. The van der Waals surface area contributed by atoms with Crippen LogP contribution in [-0.4, -0.2) is 54.7 Å². The molecule has 0 bridgehead atoms. The van der Waals surface area contributed by atoms with Crippen molar-refractivity contribution in [3.8, 4) is 0 Å². The largest absolute Gasteiger partial charge is 0.511 e. The van der Waals surface area contributed by atoms with Crippen molar-refractivity contribution in [1.82, 2.24) is 0 Å². The van der Waals surface area contributed by atoms with Crippen molar-refractivity contribution in [2.75, 3.05) is 6.61 Å². The molecular formula is C5H13Al3O. The van der Waals surface area contributed by atoms with Crippen molar-refractivity contribution in [3.63, 3.8) is 0 Å². The molecule has 1 nitrogen and oxygen atoms in total. The van der Waals surface area contributed by atoms with Gasteiger partial charge >= 0.3 is 16.6 Å². The molecule has 0 aliphatic carbocycles. The predicted molar refractivity (Wildman–Crippen MR) is 45.8 cm³/mol. The highest BCUT2D eigenvalue weighted by molar-refractivity contribution is 6.35. The van der Waals surface area contributed by atoms with Crippen LogP contribution in [0.1, 0.15) is 6.92 Å². The zero-order valence-corrected chi connectivity index (χ0v) is 10.1. The zero-order valence-electron chi connectivity index (χ0n) is 6.39. The van der Waals surface area contributed by atoms with Gasteiger partial charge < -0.3 is 3.79 Å². The molecule has 0 saturated heterocycles. The molecule has 0 heterocycles. The summed E-state index contributed by atoms with van der Waals surface area (Å²) in [7, 11) is 0. The summed E-state index contributed by atoms with van der Waals surface area (Å²) in [5.41, 5.74) is 0. The van der Waals surface area contributed by atoms with Crippen LogP contribution in [-0.2, 0) is 3.79 Å². The molecule has 0 aromatic rings. The Morgan fingerprint density at radius 3 is 2.44 bits per heavy atom. The minimum atomic E-state index is 0.696. The highest BCUT2D eigenvalue weighted by Gasteiger charge is 1.83. The predicted octanol–water partition coefficient (Wildman–Crippen LogP) is 0.582. The summed E-state index contributed by atoms with van der Waals surface area (Å²) in [5, 5.41) is 2.67. The lowest BCUT2D eigenvalue weighted by atomic mass is 10.9. The summed E-state index contributed by atoms with van der Waals surface area (Å²) < 4.78 is 4.89. The van der Waals surface area contributed by atoms with Gasteiger partial charge in [0.1, 0.15) is 16.3 Å². The van der Waals surface area contributed by atoms with Crippen LogP contribution in [0, 0.1) is 0 Å². The maximum atomic E-state index is 4.89. The minimum Gasteiger partial charge on any atom is -0.511 e. The van der Waals surface area contributed by atoms with E-state index in [1.165, 1.54) is 10.6 Å². The second-order valence-electron chi connectivity index (χ2n) is 1.39. The highest BCUT2D eigenvalue weighted by Crippen LogP contribution is 1.82. The van der Waals surface area contributed by atoms with Crippen molar-refractivity contribution in [3.05, 3.63) is 0 Å². The Hall–Kier alpha value is 1.56. The third-order valence-electron chi connectivity index (χ3n) is 0.755. The third-order valence-corrected chi connectivity index (χ3v) is 2.26. The van der Waals surface area contributed by atoms with Gasteiger partial charge in [0.05, 0.1) is 0 Å². The monoisotopic (exact) mass is 170 g/mol. The van der Waals surface area contributed by atoms with Crippen LogP contribution >= 0.6 is 0 Å². The van der Waals surface area contributed by atoms with E-state index in [1.807, 2.05) is 5.79 Å². The molecule has 0 rings (SSSR count). The Balaban J connectivity index is 0. The summed E-state index contributed by atoms with van der Waals surface area (Å²) in [6.45, 7) is 3.20. The Morgan fingerprint density at radius 1 is 1.56 bits per heavy atom. The lowest BCUT2D eigenvalue weighted by Gasteiger charge is -1.93. The molecule has 4 radical (unpaired) electrons.